The van der Waals surface area contributed by atoms with E-state index in [1.54, 1.807) is 54.6 Å². The number of rotatable bonds is 10. The molecule has 0 spiro atoms. The predicted octanol–water partition coefficient (Wildman–Crippen LogP) is 4.84. The van der Waals surface area contributed by atoms with Crippen LogP contribution in [0.4, 0.5) is 5.69 Å². The number of carbonyl (C=O) groups excluding carboxylic acids is 2. The summed E-state index contributed by atoms with van der Waals surface area (Å²) in [6, 6.07) is 17.2. The van der Waals surface area contributed by atoms with E-state index < -0.39 is 5.91 Å². The van der Waals surface area contributed by atoms with Crippen LogP contribution in [0.5, 0.6) is 17.2 Å². The highest BCUT2D eigenvalue weighted by Gasteiger charge is 2.11. The molecule has 2 amide bonds. The van der Waals surface area contributed by atoms with E-state index in [-0.39, 0.29) is 12.5 Å². The number of methoxy groups -OCH3 is 1. The molecule has 35 heavy (non-hydrogen) atoms. The molecule has 3 rings (SSSR count). The summed E-state index contributed by atoms with van der Waals surface area (Å²) in [4.78, 5) is 24.8. The van der Waals surface area contributed by atoms with Crippen molar-refractivity contribution in [2.24, 2.45) is 5.10 Å². The minimum atomic E-state index is -0.419. The van der Waals surface area contributed by atoms with E-state index in [1.165, 1.54) is 13.3 Å². The Morgan fingerprint density at radius 2 is 1.80 bits per heavy atom. The Morgan fingerprint density at radius 1 is 1.00 bits per heavy atom. The van der Waals surface area contributed by atoms with E-state index in [9.17, 15) is 9.59 Å². The largest absolute Gasteiger partial charge is 0.493 e. The molecule has 9 heteroatoms. The van der Waals surface area contributed by atoms with Gasteiger partial charge in [-0.25, -0.2) is 5.43 Å². The molecular formula is C26H26ClN3O5. The van der Waals surface area contributed by atoms with Gasteiger partial charge in [0.15, 0.2) is 18.1 Å². The second-order valence-electron chi connectivity index (χ2n) is 7.34. The third-order valence-corrected chi connectivity index (χ3v) is 5.24. The molecule has 0 atom stereocenters. The Bertz CT molecular complexity index is 1230. The summed E-state index contributed by atoms with van der Waals surface area (Å²) < 4.78 is 16.4. The van der Waals surface area contributed by atoms with Crippen molar-refractivity contribution in [3.63, 3.8) is 0 Å². The lowest BCUT2D eigenvalue weighted by molar-refractivity contribution is -0.118. The van der Waals surface area contributed by atoms with Crippen molar-refractivity contribution >= 4 is 35.3 Å². The van der Waals surface area contributed by atoms with Crippen molar-refractivity contribution in [2.45, 2.75) is 13.8 Å². The molecule has 0 saturated heterocycles. The van der Waals surface area contributed by atoms with Gasteiger partial charge in [0.1, 0.15) is 5.75 Å². The number of benzene rings is 3. The molecule has 8 nitrogen and oxygen atoms in total. The second-order valence-corrected chi connectivity index (χ2v) is 7.74. The molecule has 0 heterocycles. The average Bonchev–Trinajstić information content (AvgIpc) is 2.86. The van der Waals surface area contributed by atoms with Crippen LogP contribution < -0.4 is 25.0 Å². The lowest BCUT2D eigenvalue weighted by Crippen LogP contribution is -2.20. The maximum Gasteiger partial charge on any atom is 0.271 e. The molecular weight excluding hydrogens is 470 g/mol. The molecule has 0 bridgehead atoms. The van der Waals surface area contributed by atoms with Gasteiger partial charge in [-0.1, -0.05) is 29.8 Å². The summed E-state index contributed by atoms with van der Waals surface area (Å²) in [5.41, 5.74) is 4.92. The van der Waals surface area contributed by atoms with E-state index in [0.29, 0.717) is 45.7 Å². The molecule has 0 aromatic heterocycles. The quantitative estimate of drug-likeness (QED) is 0.310. The van der Waals surface area contributed by atoms with Gasteiger partial charge in [-0.2, -0.15) is 5.10 Å². The van der Waals surface area contributed by atoms with Gasteiger partial charge in [0, 0.05) is 21.8 Å². The number of para-hydroxylation sites is 1. The average molecular weight is 496 g/mol. The zero-order chi connectivity index (χ0) is 25.2. The number of amides is 2. The van der Waals surface area contributed by atoms with Gasteiger partial charge in [0.2, 0.25) is 0 Å². The molecule has 0 radical (unpaired) electrons. The molecule has 0 saturated carbocycles. The Labute approximate surface area is 208 Å². The van der Waals surface area contributed by atoms with Crippen molar-refractivity contribution in [1.29, 1.82) is 0 Å². The molecule has 0 fully saturated rings. The number of halogens is 1. The van der Waals surface area contributed by atoms with Crippen LogP contribution in [0.2, 0.25) is 5.02 Å². The minimum Gasteiger partial charge on any atom is -0.493 e. The second kappa shape index (κ2) is 12.4. The Balaban J connectivity index is 1.59. The number of nitrogens with one attached hydrogen (secondary N) is 2. The van der Waals surface area contributed by atoms with Crippen LogP contribution in [-0.4, -0.2) is 38.4 Å². The normalized spacial score (nSPS) is 10.6. The number of hydrazone groups is 1. The standard InChI is InChI=1S/C26H26ClN3O5/c1-4-34-23-12-10-18(13-24(23)33-3)26(32)30-28-15-19-7-5-6-8-22(19)35-16-25(31)29-20-11-9-17(2)21(27)14-20/h5-15H,4,16H2,1-3H3,(H,29,31)(H,30,32)/b28-15+. The lowest BCUT2D eigenvalue weighted by Gasteiger charge is -2.11. The number of hydrogen-bond donors (Lipinski definition) is 2. The van der Waals surface area contributed by atoms with Crippen LogP contribution in [0.3, 0.4) is 0 Å². The van der Waals surface area contributed by atoms with E-state index >= 15 is 0 Å². The number of hydrogen-bond acceptors (Lipinski definition) is 6. The van der Waals surface area contributed by atoms with E-state index in [4.69, 9.17) is 25.8 Å². The van der Waals surface area contributed by atoms with Gasteiger partial charge in [0.05, 0.1) is 19.9 Å². The molecule has 0 aliphatic rings. The first-order valence-corrected chi connectivity index (χ1v) is 11.2. The first kappa shape index (κ1) is 25.6. The molecule has 0 aliphatic carbocycles. The lowest BCUT2D eigenvalue weighted by atomic mass is 10.2. The molecule has 182 valence electrons. The molecule has 2 N–H and O–H groups in total. The van der Waals surface area contributed by atoms with Crippen molar-refractivity contribution < 1.29 is 23.8 Å². The Morgan fingerprint density at radius 3 is 2.54 bits per heavy atom. The SMILES string of the molecule is CCOc1ccc(C(=O)N/N=C/c2ccccc2OCC(=O)Nc2ccc(C)c(Cl)c2)cc1OC. The van der Waals surface area contributed by atoms with Gasteiger partial charge in [-0.15, -0.1) is 0 Å². The van der Waals surface area contributed by atoms with Crippen LogP contribution in [0, 0.1) is 6.92 Å². The Hall–Kier alpha value is -4.04. The first-order valence-electron chi connectivity index (χ1n) is 10.8. The van der Waals surface area contributed by atoms with E-state index in [1.807, 2.05) is 19.9 Å². The maximum atomic E-state index is 12.5. The number of nitrogens with zero attached hydrogens (tertiary/aromatic N) is 1. The predicted molar refractivity (Wildman–Crippen MR) is 136 cm³/mol. The smallest absolute Gasteiger partial charge is 0.271 e. The van der Waals surface area contributed by atoms with Gasteiger partial charge in [-0.05, 0) is 61.9 Å². The third kappa shape index (κ3) is 7.22. The van der Waals surface area contributed by atoms with Crippen LogP contribution >= 0.6 is 11.6 Å². The monoisotopic (exact) mass is 495 g/mol. The zero-order valence-electron chi connectivity index (χ0n) is 19.6. The van der Waals surface area contributed by atoms with Crippen LogP contribution in [0.25, 0.3) is 0 Å². The van der Waals surface area contributed by atoms with Gasteiger partial charge in [-0.3, -0.25) is 9.59 Å². The number of carbonyl (C=O) groups is 2. The number of aryl methyl sites for hydroxylation is 1. The molecule has 0 unspecified atom stereocenters. The highest BCUT2D eigenvalue weighted by atomic mass is 35.5. The van der Waals surface area contributed by atoms with Gasteiger partial charge >= 0.3 is 0 Å². The van der Waals surface area contributed by atoms with Crippen LogP contribution in [0.15, 0.2) is 65.8 Å². The van der Waals surface area contributed by atoms with Crippen LogP contribution in [0.1, 0.15) is 28.4 Å². The molecule has 0 aliphatic heterocycles. The topological polar surface area (TPSA) is 98.3 Å². The summed E-state index contributed by atoms with van der Waals surface area (Å²) in [6.07, 6.45) is 1.44. The molecule has 3 aromatic rings. The summed E-state index contributed by atoms with van der Waals surface area (Å²) in [7, 11) is 1.50. The fourth-order valence-electron chi connectivity index (χ4n) is 3.04. The summed E-state index contributed by atoms with van der Waals surface area (Å²) in [6.45, 7) is 4.01. The minimum absolute atomic E-state index is 0.214. The summed E-state index contributed by atoms with van der Waals surface area (Å²) >= 11 is 6.10. The Kier molecular flexibility index (Phi) is 9.09. The number of ether oxygens (including phenoxy) is 3. The summed E-state index contributed by atoms with van der Waals surface area (Å²) in [5, 5.41) is 7.32. The van der Waals surface area contributed by atoms with Crippen molar-refractivity contribution in [3.05, 3.63) is 82.4 Å². The fraction of sp³-hybridized carbons (Fsp3) is 0.192. The van der Waals surface area contributed by atoms with Gasteiger partial charge in [0.25, 0.3) is 11.8 Å². The van der Waals surface area contributed by atoms with Crippen molar-refractivity contribution in [2.75, 3.05) is 25.6 Å². The summed E-state index contributed by atoms with van der Waals surface area (Å²) in [5.74, 6) is 0.681. The van der Waals surface area contributed by atoms with E-state index in [0.717, 1.165) is 5.56 Å². The van der Waals surface area contributed by atoms with Crippen LogP contribution in [-0.2, 0) is 4.79 Å². The highest BCUT2D eigenvalue weighted by Crippen LogP contribution is 2.28. The van der Waals surface area contributed by atoms with Crippen molar-refractivity contribution in [3.8, 4) is 17.2 Å². The first-order chi connectivity index (χ1) is 16.9. The maximum absolute atomic E-state index is 12.5. The number of anilines is 1. The third-order valence-electron chi connectivity index (χ3n) is 4.83. The van der Waals surface area contributed by atoms with Gasteiger partial charge < -0.3 is 19.5 Å². The highest BCUT2D eigenvalue weighted by molar-refractivity contribution is 6.31. The van der Waals surface area contributed by atoms with E-state index in [2.05, 4.69) is 15.8 Å². The zero-order valence-corrected chi connectivity index (χ0v) is 20.4. The molecule has 3 aromatic carbocycles. The van der Waals surface area contributed by atoms with Crippen molar-refractivity contribution in [1.82, 2.24) is 5.43 Å². The fourth-order valence-corrected chi connectivity index (χ4v) is 3.22.